The Morgan fingerprint density at radius 3 is 1.49 bits per heavy atom. The van der Waals surface area contributed by atoms with E-state index in [0.29, 0.717) is 91.5 Å². The summed E-state index contributed by atoms with van der Waals surface area (Å²) in [5, 5.41) is 24.5. The van der Waals surface area contributed by atoms with Crippen LogP contribution in [0, 0.1) is 79.8 Å². The molecule has 4 N–H and O–H groups in total. The monoisotopic (exact) mass is 1270 g/mol. The molecule has 0 radical (unpaired) electrons. The van der Waals surface area contributed by atoms with Crippen LogP contribution in [0.5, 0.6) is 0 Å². The van der Waals surface area contributed by atoms with Gasteiger partial charge in [-0.2, -0.15) is 0 Å². The second-order valence-electron chi connectivity index (χ2n) is 31.9. The van der Waals surface area contributed by atoms with Gasteiger partial charge in [0.25, 0.3) is 0 Å². The molecule has 0 saturated heterocycles. The maximum absolute atomic E-state index is 15.8. The molecule has 508 valence electrons. The normalized spacial score (nSPS) is 24.6. The first kappa shape index (κ1) is 77.4. The van der Waals surface area contributed by atoms with Crippen LogP contribution in [-0.4, -0.2) is 99.4 Å². The van der Waals surface area contributed by atoms with Crippen molar-refractivity contribution < 1.29 is 58.0 Å². The van der Waals surface area contributed by atoms with Crippen molar-refractivity contribution in [2.75, 3.05) is 12.4 Å². The van der Waals surface area contributed by atoms with E-state index in [0.717, 1.165) is 37.4 Å². The van der Waals surface area contributed by atoms with E-state index >= 15 is 19.2 Å². The summed E-state index contributed by atoms with van der Waals surface area (Å²) in [6.45, 7) is 51.9. The van der Waals surface area contributed by atoms with Crippen LogP contribution >= 0.6 is 11.8 Å². The summed E-state index contributed by atoms with van der Waals surface area (Å²) < 4.78 is 19.5. The van der Waals surface area contributed by atoms with E-state index in [2.05, 4.69) is 114 Å². The Hall–Kier alpha value is -5.06. The molecular formula is C73H118N4O12S. The molecule has 0 bridgehead atoms. The van der Waals surface area contributed by atoms with Crippen molar-refractivity contribution in [2.24, 2.45) is 89.8 Å². The summed E-state index contributed by atoms with van der Waals surface area (Å²) >= 11 is 1.04. The van der Waals surface area contributed by atoms with Gasteiger partial charge >= 0.3 is 29.8 Å². The number of rotatable bonds is 27. The van der Waals surface area contributed by atoms with Crippen molar-refractivity contribution in [1.29, 1.82) is 0 Å². The molecule has 0 aromatic heterocycles. The molecule has 6 atom stereocenters. The fourth-order valence-electron chi connectivity index (χ4n) is 14.6. The molecule has 2 fully saturated rings. The van der Waals surface area contributed by atoms with Crippen LogP contribution in [0.3, 0.4) is 0 Å². The Morgan fingerprint density at radius 2 is 1.09 bits per heavy atom. The van der Waals surface area contributed by atoms with Crippen molar-refractivity contribution in [3.63, 3.8) is 0 Å². The zero-order chi connectivity index (χ0) is 68.6. The van der Waals surface area contributed by atoms with E-state index in [4.69, 9.17) is 24.2 Å². The number of aliphatic carboxylic acids is 2. The third-order valence-corrected chi connectivity index (χ3v) is 21.7. The van der Waals surface area contributed by atoms with Crippen LogP contribution in [0.25, 0.3) is 0 Å². The van der Waals surface area contributed by atoms with Gasteiger partial charge in [-0.05, 0) is 152 Å². The Morgan fingerprint density at radius 1 is 0.656 bits per heavy atom. The van der Waals surface area contributed by atoms with Gasteiger partial charge in [-0.15, -0.1) is 11.8 Å². The van der Waals surface area contributed by atoms with Crippen LogP contribution < -0.4 is 10.6 Å². The minimum absolute atomic E-state index is 0.00433. The summed E-state index contributed by atoms with van der Waals surface area (Å²) in [7, 11) is 0. The van der Waals surface area contributed by atoms with E-state index in [1.165, 1.54) is 0 Å². The quantitative estimate of drug-likeness (QED) is 0.0259. The van der Waals surface area contributed by atoms with Gasteiger partial charge in [0.2, 0.25) is 11.8 Å². The number of esters is 3. The SMILES string of the molecule is C=C(C)C(=O)OCCCC(CC)(CC)C(=O)NC1N=C(/C=C2\N=C(NC(=O)C(CC)(CC)CCCSC(CC(=O)O)C(=O)O)C(C(=O)OC3C(C(C)(C)C)CC(C)CC3C(C)(C)C)=C2C(C)C)C(C(C)C)=C1C(=O)OC1C(C(C)(C)C)CC(C)CC1C(C)(C)C. The summed E-state index contributed by atoms with van der Waals surface area (Å²) in [4.78, 5) is 109. The molecule has 2 saturated carbocycles. The molecule has 0 spiro atoms. The van der Waals surface area contributed by atoms with Crippen LogP contribution in [0.2, 0.25) is 0 Å². The highest BCUT2D eigenvalue weighted by molar-refractivity contribution is 8.00. The molecule has 0 aromatic carbocycles. The zero-order valence-electron chi connectivity index (χ0n) is 59.6. The average Bonchev–Trinajstić information content (AvgIpc) is 1.43. The molecule has 6 unspecified atom stereocenters. The molecule has 0 aromatic rings. The van der Waals surface area contributed by atoms with Gasteiger partial charge in [-0.3, -0.25) is 24.2 Å². The van der Waals surface area contributed by atoms with Gasteiger partial charge in [0.05, 0.1) is 30.0 Å². The van der Waals surface area contributed by atoms with Crippen LogP contribution in [0.1, 0.15) is 243 Å². The minimum Gasteiger partial charge on any atom is -0.481 e. The van der Waals surface area contributed by atoms with Gasteiger partial charge in [0.1, 0.15) is 28.9 Å². The zero-order valence-corrected chi connectivity index (χ0v) is 60.4. The number of amidine groups is 1. The molecule has 2 aliphatic heterocycles. The molecule has 4 aliphatic rings. The van der Waals surface area contributed by atoms with Crippen LogP contribution in [0.4, 0.5) is 0 Å². The summed E-state index contributed by atoms with van der Waals surface area (Å²) in [5.41, 5.74) is -0.488. The van der Waals surface area contributed by atoms with Crippen molar-refractivity contribution >= 4 is 65.0 Å². The Kier molecular flexibility index (Phi) is 26.9. The lowest BCUT2D eigenvalue weighted by Crippen LogP contribution is -2.50. The highest BCUT2D eigenvalue weighted by Gasteiger charge is 2.52. The van der Waals surface area contributed by atoms with Crippen molar-refractivity contribution in [1.82, 2.24) is 10.6 Å². The highest BCUT2D eigenvalue weighted by Crippen LogP contribution is 2.52. The molecule has 2 heterocycles. The first-order chi connectivity index (χ1) is 41.4. The number of hydrogen-bond donors (Lipinski definition) is 4. The molecule has 4 rings (SSSR count). The number of nitrogens with zero attached hydrogens (tertiary/aromatic N) is 2. The number of carboxylic acid groups (broad SMARTS) is 2. The Bertz CT molecular complexity index is 2740. The standard InChI is InChI=1S/C73H118N4O12S/c1-25-72(26-2,31-29-33-87-63(82)43(9)10)66(85)76-60-56(64(83)88-58-46(68(13,14)15)35-44(11)36-47(58)69(16,17)18)54(41(5)6)50(74-60)39-51-55(42(7)8)57(65(84)89-59-48(70(19,20)21)37-45(12)38-49(59)71(22,23)24)61(75-51)77-67(86)73(27-3,28-4)32-30-34-90-52(62(80)81)40-53(78)79/h39,41-42,44-49,52,58-60H,9,25-38,40H2,1-8,10-24H3,(H,76,85)(H,78,79)(H,80,81)(H,75,77,86)/b51-39-. The van der Waals surface area contributed by atoms with E-state index in [-0.39, 0.29) is 98.1 Å². The number of ether oxygens (including phenoxy) is 3. The van der Waals surface area contributed by atoms with Gasteiger partial charge in [-0.1, -0.05) is 159 Å². The van der Waals surface area contributed by atoms with Crippen molar-refractivity contribution in [3.8, 4) is 0 Å². The number of thioether (sulfide) groups is 1. The maximum atomic E-state index is 15.8. The first-order valence-corrected chi connectivity index (χ1v) is 34.8. The van der Waals surface area contributed by atoms with Gasteiger partial charge in [-0.25, -0.2) is 19.4 Å². The summed E-state index contributed by atoms with van der Waals surface area (Å²) in [6.07, 6.45) is 5.77. The number of aliphatic imine (C=N–C) groups is 2. The fraction of sp³-hybridized carbons (Fsp3) is 0.767. The van der Waals surface area contributed by atoms with E-state index in [9.17, 15) is 24.6 Å². The molecular weight excluding hydrogens is 1160 g/mol. The van der Waals surface area contributed by atoms with Crippen molar-refractivity contribution in [3.05, 3.63) is 46.2 Å². The lowest BCUT2D eigenvalue weighted by molar-refractivity contribution is -0.165. The number of carboxylic acids is 2. The lowest BCUT2D eigenvalue weighted by Gasteiger charge is -2.50. The minimum atomic E-state index is -1.21. The smallest absolute Gasteiger partial charge is 0.342 e. The van der Waals surface area contributed by atoms with Gasteiger partial charge < -0.3 is 35.1 Å². The Labute approximate surface area is 545 Å². The predicted molar refractivity (Wildman–Crippen MR) is 361 cm³/mol. The second-order valence-corrected chi connectivity index (χ2v) is 33.2. The largest absolute Gasteiger partial charge is 0.481 e. The number of carbonyl (C=O) groups excluding carboxylic acids is 5. The predicted octanol–water partition coefficient (Wildman–Crippen LogP) is 15.5. The third kappa shape index (κ3) is 19.1. The second kappa shape index (κ2) is 31.2. The van der Waals surface area contributed by atoms with Crippen molar-refractivity contribution in [2.45, 2.75) is 266 Å². The number of nitrogens with one attached hydrogen (secondary N) is 2. The van der Waals surface area contributed by atoms with E-state index in [1.54, 1.807) is 13.0 Å². The average molecular weight is 1280 g/mol. The highest BCUT2D eigenvalue weighted by atomic mass is 32.2. The van der Waals surface area contributed by atoms with E-state index < -0.39 is 70.7 Å². The third-order valence-electron chi connectivity index (χ3n) is 20.4. The molecule has 90 heavy (non-hydrogen) atoms. The van der Waals surface area contributed by atoms with E-state index in [1.807, 2.05) is 55.4 Å². The van der Waals surface area contributed by atoms with Gasteiger partial charge in [0.15, 0.2) is 6.17 Å². The maximum Gasteiger partial charge on any atom is 0.342 e. The van der Waals surface area contributed by atoms with Crippen LogP contribution in [0.15, 0.2) is 56.2 Å². The number of carbonyl (C=O) groups is 7. The fourth-order valence-corrected chi connectivity index (χ4v) is 15.6. The lowest BCUT2D eigenvalue weighted by atomic mass is 9.59. The number of allylic oxidation sites excluding steroid dienone is 3. The number of hydrogen-bond acceptors (Lipinski definition) is 13. The molecule has 2 aliphatic carbocycles. The molecule has 16 nitrogen and oxygen atoms in total. The van der Waals surface area contributed by atoms with Crippen LogP contribution in [-0.2, 0) is 47.8 Å². The first-order valence-electron chi connectivity index (χ1n) is 33.8. The molecule has 2 amide bonds. The van der Waals surface area contributed by atoms with Gasteiger partial charge in [0, 0.05) is 40.1 Å². The topological polar surface area (TPSA) is 236 Å². The molecule has 17 heteroatoms. The summed E-state index contributed by atoms with van der Waals surface area (Å²) in [5.74, 6) is -4.43. The Balaban J connectivity index is 2.06. The number of amides is 2. The summed E-state index contributed by atoms with van der Waals surface area (Å²) in [6, 6.07) is 0.